The molecule has 1 fully saturated rings. The van der Waals surface area contributed by atoms with E-state index in [1.807, 2.05) is 0 Å². The smallest absolute Gasteiger partial charge is 0.121 e. The predicted molar refractivity (Wildman–Crippen MR) is 73.0 cm³/mol. The maximum Gasteiger partial charge on any atom is 0.121 e. The zero-order valence-corrected chi connectivity index (χ0v) is 11.2. The van der Waals surface area contributed by atoms with E-state index in [4.69, 9.17) is 16.3 Å². The maximum absolute atomic E-state index is 9.69. The number of aromatic hydroxyl groups is 1. The SMILES string of the molecule is Oc1cccc(Cl)c1CNCCC1CCCCO1. The molecule has 1 aliphatic rings. The number of phenolic OH excluding ortho intramolecular Hbond substituents is 1. The molecule has 0 aromatic heterocycles. The van der Waals surface area contributed by atoms with Crippen LogP contribution in [0.5, 0.6) is 5.75 Å². The average molecular weight is 270 g/mol. The second-order valence-electron chi connectivity index (χ2n) is 4.69. The summed E-state index contributed by atoms with van der Waals surface area (Å²) in [5, 5.41) is 13.6. The van der Waals surface area contributed by atoms with Crippen molar-refractivity contribution in [2.45, 2.75) is 38.3 Å². The Morgan fingerprint density at radius 3 is 3.00 bits per heavy atom. The monoisotopic (exact) mass is 269 g/mol. The quantitative estimate of drug-likeness (QED) is 0.807. The number of benzene rings is 1. The lowest BCUT2D eigenvalue weighted by atomic mass is 10.1. The number of ether oxygens (including phenoxy) is 1. The number of rotatable bonds is 5. The van der Waals surface area contributed by atoms with E-state index in [0.717, 1.165) is 25.1 Å². The molecule has 0 saturated carbocycles. The van der Waals surface area contributed by atoms with Crippen LogP contribution in [0.15, 0.2) is 18.2 Å². The molecule has 3 nitrogen and oxygen atoms in total. The van der Waals surface area contributed by atoms with Gasteiger partial charge in [0.2, 0.25) is 0 Å². The highest BCUT2D eigenvalue weighted by Gasteiger charge is 2.13. The zero-order valence-electron chi connectivity index (χ0n) is 10.5. The molecule has 0 bridgehead atoms. The Kier molecular flexibility index (Phi) is 5.29. The number of nitrogens with one attached hydrogen (secondary N) is 1. The first kappa shape index (κ1) is 13.7. The molecule has 1 aliphatic heterocycles. The fraction of sp³-hybridized carbons (Fsp3) is 0.571. The summed E-state index contributed by atoms with van der Waals surface area (Å²) in [6.07, 6.45) is 5.04. The summed E-state index contributed by atoms with van der Waals surface area (Å²) in [6.45, 7) is 2.38. The third-order valence-corrected chi connectivity index (χ3v) is 3.67. The van der Waals surface area contributed by atoms with Crippen LogP contribution in [0.2, 0.25) is 5.02 Å². The molecule has 1 aromatic carbocycles. The van der Waals surface area contributed by atoms with E-state index in [9.17, 15) is 5.11 Å². The van der Waals surface area contributed by atoms with Crippen molar-refractivity contribution < 1.29 is 9.84 Å². The molecule has 2 N–H and O–H groups in total. The van der Waals surface area contributed by atoms with Gasteiger partial charge in [-0.15, -0.1) is 0 Å². The van der Waals surface area contributed by atoms with Crippen LogP contribution in [0.1, 0.15) is 31.2 Å². The van der Waals surface area contributed by atoms with Gasteiger partial charge in [-0.3, -0.25) is 0 Å². The fourth-order valence-electron chi connectivity index (χ4n) is 2.23. The van der Waals surface area contributed by atoms with Crippen LogP contribution in [-0.2, 0) is 11.3 Å². The molecule has 0 spiro atoms. The second-order valence-corrected chi connectivity index (χ2v) is 5.10. The van der Waals surface area contributed by atoms with Crippen LogP contribution in [0.25, 0.3) is 0 Å². The Morgan fingerprint density at radius 1 is 1.39 bits per heavy atom. The summed E-state index contributed by atoms with van der Waals surface area (Å²) in [6, 6.07) is 5.20. The van der Waals surface area contributed by atoms with E-state index < -0.39 is 0 Å². The van der Waals surface area contributed by atoms with Crippen molar-refractivity contribution in [3.8, 4) is 5.75 Å². The first-order valence-electron chi connectivity index (χ1n) is 6.56. The van der Waals surface area contributed by atoms with Gasteiger partial charge in [-0.2, -0.15) is 0 Å². The number of hydrogen-bond acceptors (Lipinski definition) is 3. The molecule has 0 aliphatic carbocycles. The van der Waals surface area contributed by atoms with E-state index in [2.05, 4.69) is 5.32 Å². The minimum Gasteiger partial charge on any atom is -0.508 e. The molecule has 0 amide bonds. The van der Waals surface area contributed by atoms with Gasteiger partial charge in [-0.05, 0) is 44.4 Å². The lowest BCUT2D eigenvalue weighted by Crippen LogP contribution is -2.25. The summed E-state index contributed by atoms with van der Waals surface area (Å²) in [5.41, 5.74) is 0.767. The molecule has 0 radical (unpaired) electrons. The van der Waals surface area contributed by atoms with Crippen molar-refractivity contribution in [2.24, 2.45) is 0 Å². The van der Waals surface area contributed by atoms with Gasteiger partial charge in [0.25, 0.3) is 0 Å². The Hall–Kier alpha value is -0.770. The molecule has 4 heteroatoms. The van der Waals surface area contributed by atoms with E-state index >= 15 is 0 Å². The number of phenols is 1. The van der Waals surface area contributed by atoms with Gasteiger partial charge in [0, 0.05) is 23.7 Å². The lowest BCUT2D eigenvalue weighted by molar-refractivity contribution is 0.0115. The second kappa shape index (κ2) is 6.98. The molecule has 18 heavy (non-hydrogen) atoms. The standard InChI is InChI=1S/C14H20ClNO2/c15-13-5-3-6-14(17)12(13)10-16-8-7-11-4-1-2-9-18-11/h3,5-6,11,16-17H,1-2,4,7-10H2. The number of hydrogen-bond donors (Lipinski definition) is 2. The van der Waals surface area contributed by atoms with Crippen molar-refractivity contribution in [1.82, 2.24) is 5.32 Å². The highest BCUT2D eigenvalue weighted by atomic mass is 35.5. The van der Waals surface area contributed by atoms with Crippen molar-refractivity contribution in [3.05, 3.63) is 28.8 Å². The molecular weight excluding hydrogens is 250 g/mol. The van der Waals surface area contributed by atoms with E-state index in [0.29, 0.717) is 17.7 Å². The average Bonchev–Trinajstić information content (AvgIpc) is 2.38. The van der Waals surface area contributed by atoms with Crippen molar-refractivity contribution >= 4 is 11.6 Å². The Labute approximate surface area is 113 Å². The summed E-state index contributed by atoms with van der Waals surface area (Å²) in [4.78, 5) is 0. The first-order valence-corrected chi connectivity index (χ1v) is 6.94. The van der Waals surface area contributed by atoms with Gasteiger partial charge in [-0.25, -0.2) is 0 Å². The molecule has 1 saturated heterocycles. The van der Waals surface area contributed by atoms with E-state index in [1.165, 1.54) is 19.3 Å². The Morgan fingerprint density at radius 2 is 2.28 bits per heavy atom. The molecule has 1 aromatic rings. The van der Waals surface area contributed by atoms with E-state index in [-0.39, 0.29) is 5.75 Å². The summed E-state index contributed by atoms with van der Waals surface area (Å²) in [7, 11) is 0. The van der Waals surface area contributed by atoms with Crippen LogP contribution >= 0.6 is 11.6 Å². The normalized spacial score (nSPS) is 19.9. The molecule has 2 rings (SSSR count). The molecule has 100 valence electrons. The Bertz CT molecular complexity index is 358. The maximum atomic E-state index is 9.69. The minimum atomic E-state index is 0.254. The van der Waals surface area contributed by atoms with Gasteiger partial charge in [0.1, 0.15) is 5.75 Å². The van der Waals surface area contributed by atoms with Gasteiger partial charge in [-0.1, -0.05) is 17.7 Å². The predicted octanol–water partition coefficient (Wildman–Crippen LogP) is 3.09. The number of halogens is 1. The van der Waals surface area contributed by atoms with Gasteiger partial charge < -0.3 is 15.2 Å². The summed E-state index contributed by atoms with van der Waals surface area (Å²) >= 11 is 6.03. The molecular formula is C14H20ClNO2. The van der Waals surface area contributed by atoms with Gasteiger partial charge in [0.05, 0.1) is 6.10 Å². The van der Waals surface area contributed by atoms with Crippen molar-refractivity contribution in [3.63, 3.8) is 0 Å². The molecule has 1 unspecified atom stereocenters. The van der Waals surface area contributed by atoms with Crippen LogP contribution in [0.3, 0.4) is 0 Å². The van der Waals surface area contributed by atoms with Crippen molar-refractivity contribution in [1.29, 1.82) is 0 Å². The van der Waals surface area contributed by atoms with Crippen LogP contribution < -0.4 is 5.32 Å². The minimum absolute atomic E-state index is 0.254. The lowest BCUT2D eigenvalue weighted by Gasteiger charge is -2.22. The van der Waals surface area contributed by atoms with Gasteiger partial charge >= 0.3 is 0 Å². The fourth-order valence-corrected chi connectivity index (χ4v) is 2.47. The third-order valence-electron chi connectivity index (χ3n) is 3.31. The highest BCUT2D eigenvalue weighted by molar-refractivity contribution is 6.31. The first-order chi connectivity index (χ1) is 8.77. The zero-order chi connectivity index (χ0) is 12.8. The van der Waals surface area contributed by atoms with Crippen LogP contribution in [0.4, 0.5) is 0 Å². The Balaban J connectivity index is 1.71. The van der Waals surface area contributed by atoms with E-state index in [1.54, 1.807) is 18.2 Å². The molecule has 1 atom stereocenters. The van der Waals surface area contributed by atoms with Crippen molar-refractivity contribution in [2.75, 3.05) is 13.2 Å². The van der Waals surface area contributed by atoms with Crippen LogP contribution in [-0.4, -0.2) is 24.4 Å². The third kappa shape index (κ3) is 3.87. The summed E-state index contributed by atoms with van der Waals surface area (Å²) < 4.78 is 5.66. The topological polar surface area (TPSA) is 41.5 Å². The van der Waals surface area contributed by atoms with Crippen LogP contribution in [0, 0.1) is 0 Å². The summed E-state index contributed by atoms with van der Waals surface area (Å²) in [5.74, 6) is 0.254. The van der Waals surface area contributed by atoms with Gasteiger partial charge in [0.15, 0.2) is 0 Å². The molecule has 1 heterocycles. The highest BCUT2D eigenvalue weighted by Crippen LogP contribution is 2.24. The largest absolute Gasteiger partial charge is 0.508 e.